The van der Waals surface area contributed by atoms with E-state index in [1.807, 2.05) is 23.1 Å². The number of fused-ring (bicyclic) bond motifs is 1. The van der Waals surface area contributed by atoms with Crippen LogP contribution < -0.4 is 10.6 Å². The van der Waals surface area contributed by atoms with Crippen molar-refractivity contribution in [3.8, 4) is 0 Å². The number of thiocarbonyl (C=S) groups is 1. The molecule has 1 heterocycles. The summed E-state index contributed by atoms with van der Waals surface area (Å²) in [4.78, 5) is 15.4. The second-order valence-corrected chi connectivity index (χ2v) is 7.25. The summed E-state index contributed by atoms with van der Waals surface area (Å²) < 4.78 is 0. The smallest absolute Gasteiger partial charge is 0.240 e. The number of anilines is 1. The Morgan fingerprint density at radius 2 is 1.95 bits per heavy atom. The van der Waals surface area contributed by atoms with E-state index in [-0.39, 0.29) is 5.91 Å². The first-order chi connectivity index (χ1) is 9.94. The number of nitrogens with two attached hydrogens (primary N) is 1. The minimum absolute atomic E-state index is 0.104. The van der Waals surface area contributed by atoms with Crippen molar-refractivity contribution in [3.63, 3.8) is 0 Å². The summed E-state index contributed by atoms with van der Waals surface area (Å²) >= 11 is 5.24. The van der Waals surface area contributed by atoms with E-state index >= 15 is 0 Å². The maximum absolute atomic E-state index is 13.2. The van der Waals surface area contributed by atoms with Gasteiger partial charge in [-0.2, -0.15) is 0 Å². The van der Waals surface area contributed by atoms with Gasteiger partial charge < -0.3 is 10.6 Å². The average Bonchev–Trinajstić information content (AvgIpc) is 2.41. The Morgan fingerprint density at radius 1 is 1.29 bits per heavy atom. The molecular formula is C17H22N2OS. The van der Waals surface area contributed by atoms with Crippen LogP contribution in [0.4, 0.5) is 5.69 Å². The van der Waals surface area contributed by atoms with Crippen molar-refractivity contribution in [2.75, 3.05) is 11.4 Å². The quantitative estimate of drug-likeness (QED) is 0.855. The Labute approximate surface area is 131 Å². The zero-order chi connectivity index (χ0) is 15.2. The van der Waals surface area contributed by atoms with Gasteiger partial charge in [0.15, 0.2) is 0 Å². The molecule has 1 aliphatic heterocycles. The van der Waals surface area contributed by atoms with Gasteiger partial charge in [0, 0.05) is 12.2 Å². The Hall–Kier alpha value is -1.42. The van der Waals surface area contributed by atoms with E-state index in [9.17, 15) is 4.79 Å². The van der Waals surface area contributed by atoms with E-state index < -0.39 is 5.41 Å². The van der Waals surface area contributed by atoms with Crippen molar-refractivity contribution in [1.29, 1.82) is 0 Å². The highest BCUT2D eigenvalue weighted by Crippen LogP contribution is 2.48. The SMILES string of the molecule is CC1Cc2ccccc2N(C(=O)C2(C(N)=S)CC(C)C2)C1. The van der Waals surface area contributed by atoms with Crippen LogP contribution in [0.2, 0.25) is 0 Å². The monoisotopic (exact) mass is 302 g/mol. The van der Waals surface area contributed by atoms with E-state index in [2.05, 4.69) is 19.9 Å². The largest absolute Gasteiger partial charge is 0.392 e. The summed E-state index contributed by atoms with van der Waals surface area (Å²) in [5.74, 6) is 1.09. The zero-order valence-corrected chi connectivity index (χ0v) is 13.5. The Balaban J connectivity index is 1.97. The number of nitrogens with zero attached hydrogens (tertiary/aromatic N) is 1. The lowest BCUT2D eigenvalue weighted by Gasteiger charge is -2.48. The molecule has 1 unspecified atom stereocenters. The van der Waals surface area contributed by atoms with Crippen molar-refractivity contribution in [3.05, 3.63) is 29.8 Å². The molecule has 21 heavy (non-hydrogen) atoms. The molecule has 1 atom stereocenters. The molecule has 1 aromatic carbocycles. The van der Waals surface area contributed by atoms with Gasteiger partial charge in [0.2, 0.25) is 5.91 Å². The van der Waals surface area contributed by atoms with E-state index in [0.29, 0.717) is 16.8 Å². The number of rotatable bonds is 2. The van der Waals surface area contributed by atoms with Crippen LogP contribution in [0.3, 0.4) is 0 Å². The minimum atomic E-state index is -0.612. The third-order valence-corrected chi connectivity index (χ3v) is 5.26. The number of para-hydroxylation sites is 1. The Bertz CT molecular complexity index is 592. The Kier molecular flexibility index (Phi) is 3.52. The molecule has 1 saturated carbocycles. The fraction of sp³-hybridized carbons (Fsp3) is 0.529. The van der Waals surface area contributed by atoms with Crippen LogP contribution in [-0.2, 0) is 11.2 Å². The molecule has 0 bridgehead atoms. The first-order valence-corrected chi connectivity index (χ1v) is 8.04. The van der Waals surface area contributed by atoms with Crippen molar-refractivity contribution < 1.29 is 4.79 Å². The van der Waals surface area contributed by atoms with Crippen LogP contribution in [0.1, 0.15) is 32.3 Å². The summed E-state index contributed by atoms with van der Waals surface area (Å²) in [6.45, 7) is 5.10. The maximum atomic E-state index is 13.2. The molecule has 1 fully saturated rings. The van der Waals surface area contributed by atoms with Gasteiger partial charge >= 0.3 is 0 Å². The molecule has 0 radical (unpaired) electrons. The molecule has 0 spiro atoms. The minimum Gasteiger partial charge on any atom is -0.392 e. The van der Waals surface area contributed by atoms with Gasteiger partial charge in [-0.15, -0.1) is 0 Å². The van der Waals surface area contributed by atoms with Crippen molar-refractivity contribution in [2.24, 2.45) is 23.0 Å². The highest BCUT2D eigenvalue weighted by molar-refractivity contribution is 7.80. The topological polar surface area (TPSA) is 46.3 Å². The number of hydrogen-bond donors (Lipinski definition) is 1. The van der Waals surface area contributed by atoms with Gasteiger partial charge in [0.25, 0.3) is 0 Å². The third-order valence-electron chi connectivity index (χ3n) is 4.87. The lowest BCUT2D eigenvalue weighted by atomic mass is 9.61. The normalized spacial score (nSPS) is 31.2. The molecular weight excluding hydrogens is 280 g/mol. The first kappa shape index (κ1) is 14.5. The van der Waals surface area contributed by atoms with Gasteiger partial charge in [-0.25, -0.2) is 0 Å². The number of carbonyl (C=O) groups excluding carboxylic acids is 1. The lowest BCUT2D eigenvalue weighted by Crippen LogP contribution is -2.58. The van der Waals surface area contributed by atoms with E-state index in [1.54, 1.807) is 0 Å². The molecule has 112 valence electrons. The van der Waals surface area contributed by atoms with Crippen LogP contribution in [0.5, 0.6) is 0 Å². The zero-order valence-electron chi connectivity index (χ0n) is 12.6. The number of benzene rings is 1. The Morgan fingerprint density at radius 3 is 2.57 bits per heavy atom. The number of hydrogen-bond acceptors (Lipinski definition) is 2. The van der Waals surface area contributed by atoms with E-state index in [0.717, 1.165) is 31.5 Å². The van der Waals surface area contributed by atoms with Gasteiger partial charge in [-0.05, 0) is 42.7 Å². The maximum Gasteiger partial charge on any atom is 0.240 e. The van der Waals surface area contributed by atoms with Crippen LogP contribution in [0, 0.1) is 17.3 Å². The second kappa shape index (κ2) is 5.09. The van der Waals surface area contributed by atoms with Gasteiger partial charge in [0.1, 0.15) is 0 Å². The van der Waals surface area contributed by atoms with Gasteiger partial charge in [-0.3, -0.25) is 4.79 Å². The predicted octanol–water partition coefficient (Wildman–Crippen LogP) is 2.91. The number of carbonyl (C=O) groups is 1. The fourth-order valence-corrected chi connectivity index (χ4v) is 4.11. The molecule has 1 aromatic rings. The molecule has 1 aliphatic carbocycles. The summed E-state index contributed by atoms with van der Waals surface area (Å²) in [6, 6.07) is 8.18. The van der Waals surface area contributed by atoms with Crippen molar-refractivity contribution in [2.45, 2.75) is 33.1 Å². The van der Waals surface area contributed by atoms with Crippen LogP contribution >= 0.6 is 12.2 Å². The molecule has 3 nitrogen and oxygen atoms in total. The highest BCUT2D eigenvalue weighted by atomic mass is 32.1. The van der Waals surface area contributed by atoms with Crippen LogP contribution in [-0.4, -0.2) is 17.4 Å². The van der Waals surface area contributed by atoms with Crippen LogP contribution in [0.15, 0.2) is 24.3 Å². The molecule has 0 saturated heterocycles. The molecule has 2 aliphatic rings. The number of amides is 1. The average molecular weight is 302 g/mol. The highest BCUT2D eigenvalue weighted by Gasteiger charge is 2.53. The molecule has 2 N–H and O–H groups in total. The molecule has 0 aromatic heterocycles. The third kappa shape index (κ3) is 2.26. The first-order valence-electron chi connectivity index (χ1n) is 7.64. The van der Waals surface area contributed by atoms with E-state index in [1.165, 1.54) is 5.56 Å². The summed E-state index contributed by atoms with van der Waals surface area (Å²) in [6.07, 6.45) is 2.60. The molecule has 3 rings (SSSR count). The lowest BCUT2D eigenvalue weighted by molar-refractivity contribution is -0.130. The summed E-state index contributed by atoms with van der Waals surface area (Å²) in [5, 5.41) is 0. The molecule has 4 heteroatoms. The van der Waals surface area contributed by atoms with E-state index in [4.69, 9.17) is 18.0 Å². The van der Waals surface area contributed by atoms with Crippen LogP contribution in [0.25, 0.3) is 0 Å². The standard InChI is InChI=1S/C17H22N2OS/c1-11-7-13-5-3-4-6-14(13)19(10-11)16(20)17(15(18)21)8-12(2)9-17/h3-6,11-12H,7-10H2,1-2H3,(H2,18,21). The van der Waals surface area contributed by atoms with Gasteiger partial charge in [-0.1, -0.05) is 44.3 Å². The summed E-state index contributed by atoms with van der Waals surface area (Å²) in [5.41, 5.74) is 7.61. The van der Waals surface area contributed by atoms with Crippen molar-refractivity contribution >= 4 is 28.8 Å². The van der Waals surface area contributed by atoms with Gasteiger partial charge in [0.05, 0.1) is 10.4 Å². The second-order valence-electron chi connectivity index (χ2n) is 6.81. The van der Waals surface area contributed by atoms with Crippen molar-refractivity contribution in [1.82, 2.24) is 0 Å². The fourth-order valence-electron chi connectivity index (χ4n) is 3.86. The molecule has 1 amide bonds. The summed E-state index contributed by atoms with van der Waals surface area (Å²) in [7, 11) is 0. The predicted molar refractivity (Wildman–Crippen MR) is 89.3 cm³/mol.